The number of aromatic nitrogens is 1. The third kappa shape index (κ3) is 6.15. The third-order valence-corrected chi connectivity index (χ3v) is 4.86. The molecule has 0 fully saturated rings. The van der Waals surface area contributed by atoms with Gasteiger partial charge < -0.3 is 14.8 Å². The highest BCUT2D eigenvalue weighted by Gasteiger charge is 2.40. The number of benzene rings is 2. The summed E-state index contributed by atoms with van der Waals surface area (Å²) in [7, 11) is 0. The van der Waals surface area contributed by atoms with Crippen molar-refractivity contribution in [1.82, 2.24) is 4.98 Å². The number of carbonyl (C=O) groups excluding carboxylic acids is 2. The summed E-state index contributed by atoms with van der Waals surface area (Å²) in [5.41, 5.74) is -4.07. The van der Waals surface area contributed by atoms with E-state index < -0.39 is 41.5 Å². The Kier molecular flexibility index (Phi) is 7.55. The van der Waals surface area contributed by atoms with Gasteiger partial charge in [0.05, 0.1) is 34.6 Å². The minimum Gasteiger partial charge on any atom is -0.489 e. The molecular weight excluding hydrogens is 477 g/mol. The van der Waals surface area contributed by atoms with Gasteiger partial charge in [-0.2, -0.15) is 23.7 Å². The number of nitrogens with zero attached hydrogens (tertiary/aromatic N) is 3. The number of hydrogen-bond acceptors (Lipinski definition) is 7. The lowest BCUT2D eigenvalue weighted by Crippen LogP contribution is -2.49. The number of esters is 1. The van der Waals surface area contributed by atoms with Crippen molar-refractivity contribution >= 4 is 17.6 Å². The van der Waals surface area contributed by atoms with Crippen LogP contribution >= 0.6 is 0 Å². The fourth-order valence-electron chi connectivity index (χ4n) is 2.93. The van der Waals surface area contributed by atoms with Gasteiger partial charge in [-0.25, -0.2) is 9.78 Å². The largest absolute Gasteiger partial charge is 0.489 e. The van der Waals surface area contributed by atoms with E-state index >= 15 is 0 Å². The number of halogens is 3. The van der Waals surface area contributed by atoms with Crippen molar-refractivity contribution in [1.29, 1.82) is 10.5 Å². The first-order valence-electron chi connectivity index (χ1n) is 10.3. The average Bonchev–Trinajstić information content (AvgIpc) is 2.87. The molecule has 3 aromatic rings. The molecule has 36 heavy (non-hydrogen) atoms. The van der Waals surface area contributed by atoms with Crippen molar-refractivity contribution in [2.45, 2.75) is 18.7 Å². The summed E-state index contributed by atoms with van der Waals surface area (Å²) >= 11 is 0. The molecule has 0 unspecified atom stereocenters. The molecule has 1 aromatic heterocycles. The summed E-state index contributed by atoms with van der Waals surface area (Å²) in [6, 6.07) is 17.5. The number of rotatable bonds is 7. The highest BCUT2D eigenvalue weighted by atomic mass is 19.4. The fourth-order valence-corrected chi connectivity index (χ4v) is 2.93. The van der Waals surface area contributed by atoms with Crippen LogP contribution in [0.15, 0.2) is 66.9 Å². The third-order valence-electron chi connectivity index (χ3n) is 4.86. The zero-order valence-corrected chi connectivity index (χ0v) is 18.7. The Morgan fingerprint density at radius 3 is 2.28 bits per heavy atom. The maximum atomic E-state index is 13.3. The van der Waals surface area contributed by atoms with E-state index in [1.54, 1.807) is 18.2 Å². The van der Waals surface area contributed by atoms with Crippen molar-refractivity contribution < 1.29 is 32.2 Å². The number of pyridine rings is 1. The van der Waals surface area contributed by atoms with E-state index in [1.807, 2.05) is 6.07 Å². The Balaban J connectivity index is 1.88. The van der Waals surface area contributed by atoms with Gasteiger partial charge in [0, 0.05) is 0 Å². The Hall–Kier alpha value is -4.90. The van der Waals surface area contributed by atoms with Crippen LogP contribution in [0.1, 0.15) is 34.1 Å². The summed E-state index contributed by atoms with van der Waals surface area (Å²) in [6.07, 6.45) is -4.01. The number of amides is 1. The van der Waals surface area contributed by atoms with E-state index in [0.29, 0.717) is 11.6 Å². The van der Waals surface area contributed by atoms with Crippen LogP contribution in [-0.2, 0) is 15.7 Å². The number of alkyl halides is 3. The van der Waals surface area contributed by atoms with Gasteiger partial charge in [0.25, 0.3) is 5.91 Å². The molecule has 0 radical (unpaired) electrons. The second kappa shape index (κ2) is 10.6. The van der Waals surface area contributed by atoms with Crippen LogP contribution in [0, 0.1) is 22.7 Å². The molecule has 0 saturated heterocycles. The van der Waals surface area contributed by atoms with E-state index in [4.69, 9.17) is 20.0 Å². The van der Waals surface area contributed by atoms with E-state index in [2.05, 4.69) is 10.3 Å². The van der Waals surface area contributed by atoms with Crippen LogP contribution in [0.2, 0.25) is 0 Å². The molecular formula is C25H17F3N4O4. The molecule has 11 heteroatoms. The fraction of sp³-hybridized carbons (Fsp3) is 0.160. The van der Waals surface area contributed by atoms with Crippen LogP contribution in [0.3, 0.4) is 0 Å². The molecule has 0 aliphatic carbocycles. The van der Waals surface area contributed by atoms with Crippen molar-refractivity contribution in [3.05, 3.63) is 89.2 Å². The van der Waals surface area contributed by atoms with Crippen LogP contribution in [-0.4, -0.2) is 29.1 Å². The Morgan fingerprint density at radius 2 is 1.69 bits per heavy atom. The summed E-state index contributed by atoms with van der Waals surface area (Å²) in [5, 5.41) is 20.1. The first-order chi connectivity index (χ1) is 17.1. The van der Waals surface area contributed by atoms with Gasteiger partial charge in [0.2, 0.25) is 5.60 Å². The highest BCUT2D eigenvalue weighted by molar-refractivity contribution is 6.00. The number of ether oxygens (including phenoxy) is 2. The number of carbonyl (C=O) groups is 2. The molecule has 8 nitrogen and oxygen atoms in total. The van der Waals surface area contributed by atoms with Gasteiger partial charge in [0.15, 0.2) is 5.69 Å². The molecule has 3 rings (SSSR count). The molecule has 182 valence electrons. The Labute approximate surface area is 203 Å². The maximum Gasteiger partial charge on any atom is 0.419 e. The number of nitrogens with one attached hydrogen (secondary N) is 1. The molecule has 2 aromatic carbocycles. The highest BCUT2D eigenvalue weighted by Crippen LogP contribution is 2.33. The Morgan fingerprint density at radius 1 is 1.03 bits per heavy atom. The maximum absolute atomic E-state index is 13.3. The summed E-state index contributed by atoms with van der Waals surface area (Å²) in [4.78, 5) is 29.3. The number of nitriles is 2. The van der Waals surface area contributed by atoms with Crippen LogP contribution < -0.4 is 10.1 Å². The van der Waals surface area contributed by atoms with Crippen LogP contribution in [0.4, 0.5) is 18.9 Å². The molecule has 0 saturated carbocycles. The SMILES string of the molecule is C[C@@](COc1ccc(C#N)cc1)(OC(=O)c1ccccc1)C(=O)Nc1cnc(C#N)c(C(F)(F)F)c1. The van der Waals surface area contributed by atoms with Crippen molar-refractivity contribution in [3.8, 4) is 17.9 Å². The lowest BCUT2D eigenvalue weighted by atomic mass is 10.1. The van der Waals surface area contributed by atoms with Crippen molar-refractivity contribution in [2.24, 2.45) is 0 Å². The van der Waals surface area contributed by atoms with Gasteiger partial charge >= 0.3 is 12.1 Å². The molecule has 1 amide bonds. The molecule has 1 atom stereocenters. The summed E-state index contributed by atoms with van der Waals surface area (Å²) in [6.45, 7) is 0.716. The monoisotopic (exact) mass is 494 g/mol. The van der Waals surface area contributed by atoms with Gasteiger partial charge in [0.1, 0.15) is 18.4 Å². The van der Waals surface area contributed by atoms with Crippen LogP contribution in [0.25, 0.3) is 0 Å². The summed E-state index contributed by atoms with van der Waals surface area (Å²) in [5.74, 6) is -1.62. The van der Waals surface area contributed by atoms with E-state index in [1.165, 1.54) is 49.4 Å². The minimum atomic E-state index is -4.89. The van der Waals surface area contributed by atoms with E-state index in [-0.39, 0.29) is 17.0 Å². The lowest BCUT2D eigenvalue weighted by molar-refractivity contribution is -0.138. The van der Waals surface area contributed by atoms with Crippen molar-refractivity contribution in [3.63, 3.8) is 0 Å². The van der Waals surface area contributed by atoms with E-state index in [9.17, 15) is 22.8 Å². The summed E-state index contributed by atoms with van der Waals surface area (Å²) < 4.78 is 50.9. The standard InChI is InChI=1S/C25H17F3N4O4/c1-24(36-22(33)17-5-3-2-4-6-17,15-35-19-9-7-16(12-29)8-10-19)23(34)32-18-11-20(25(26,27)28)21(13-30)31-14-18/h2-11,14H,15H2,1H3,(H,32,34)/t24-/m0/s1. The zero-order valence-electron chi connectivity index (χ0n) is 18.7. The predicted octanol–water partition coefficient (Wildman–Crippen LogP) is 4.48. The number of anilines is 1. The molecule has 0 aliphatic heterocycles. The topological polar surface area (TPSA) is 125 Å². The first kappa shape index (κ1) is 25.7. The minimum absolute atomic E-state index is 0.134. The average molecular weight is 494 g/mol. The molecule has 0 spiro atoms. The molecule has 0 bridgehead atoms. The number of hydrogen-bond donors (Lipinski definition) is 1. The molecule has 0 aliphatic rings. The van der Waals surface area contributed by atoms with Gasteiger partial charge in [-0.15, -0.1) is 0 Å². The zero-order chi connectivity index (χ0) is 26.3. The lowest BCUT2D eigenvalue weighted by Gasteiger charge is -2.28. The predicted molar refractivity (Wildman–Crippen MR) is 119 cm³/mol. The molecule has 1 heterocycles. The Bertz CT molecular complexity index is 1350. The quantitative estimate of drug-likeness (QED) is 0.480. The second-order valence-corrected chi connectivity index (χ2v) is 7.60. The first-order valence-corrected chi connectivity index (χ1v) is 10.3. The van der Waals surface area contributed by atoms with Gasteiger partial charge in [-0.05, 0) is 49.4 Å². The van der Waals surface area contributed by atoms with Crippen LogP contribution in [0.5, 0.6) is 5.75 Å². The smallest absolute Gasteiger partial charge is 0.419 e. The van der Waals surface area contributed by atoms with E-state index in [0.717, 1.165) is 6.20 Å². The van der Waals surface area contributed by atoms with Gasteiger partial charge in [-0.1, -0.05) is 18.2 Å². The second-order valence-electron chi connectivity index (χ2n) is 7.60. The van der Waals surface area contributed by atoms with Crippen molar-refractivity contribution in [2.75, 3.05) is 11.9 Å². The normalized spacial score (nSPS) is 12.4. The molecule has 1 N–H and O–H groups in total. The van der Waals surface area contributed by atoms with Gasteiger partial charge in [-0.3, -0.25) is 4.79 Å².